The minimum Gasteiger partial charge on any atom is -0.493 e. The number of piperidine rings is 1. The molecule has 6 nitrogen and oxygen atoms in total. The molecular weight excluding hydrogens is 514 g/mol. The maximum absolute atomic E-state index is 7.19. The fourth-order valence-electron chi connectivity index (χ4n) is 11.0. The number of ether oxygens (including phenoxy) is 4. The summed E-state index contributed by atoms with van der Waals surface area (Å²) in [6.45, 7) is 3.69. The molecule has 4 saturated carbocycles. The predicted molar refractivity (Wildman–Crippen MR) is 155 cm³/mol. The molecular formula is C35H42NO5+. The summed E-state index contributed by atoms with van der Waals surface area (Å²) in [6, 6.07) is 15.4. The van der Waals surface area contributed by atoms with Crippen LogP contribution >= 0.6 is 0 Å². The first-order valence-electron chi connectivity index (χ1n) is 15.8. The summed E-state index contributed by atoms with van der Waals surface area (Å²) < 4.78 is 33.6. The lowest BCUT2D eigenvalue weighted by molar-refractivity contribution is -0.952. The van der Waals surface area contributed by atoms with Crippen LogP contribution in [-0.2, 0) is 27.9 Å². The smallest absolute Gasteiger partial charge is 0.165 e. The van der Waals surface area contributed by atoms with Crippen LogP contribution in [0.1, 0.15) is 55.4 Å². The van der Waals surface area contributed by atoms with Crippen molar-refractivity contribution in [1.29, 1.82) is 0 Å². The molecule has 2 aliphatic heterocycles. The molecule has 5 aliphatic carbocycles. The first-order chi connectivity index (χ1) is 20.0. The summed E-state index contributed by atoms with van der Waals surface area (Å²) in [4.78, 5) is 0. The molecule has 41 heavy (non-hydrogen) atoms. The molecule has 0 N–H and O–H groups in total. The Morgan fingerprint density at radius 2 is 1.93 bits per heavy atom. The molecule has 0 radical (unpaired) electrons. The van der Waals surface area contributed by atoms with E-state index in [1.54, 1.807) is 7.11 Å². The maximum atomic E-state index is 7.19. The van der Waals surface area contributed by atoms with Crippen molar-refractivity contribution in [3.05, 3.63) is 59.4 Å². The van der Waals surface area contributed by atoms with Gasteiger partial charge in [0.2, 0.25) is 0 Å². The highest BCUT2D eigenvalue weighted by Gasteiger charge is 2.83. The lowest BCUT2D eigenvalue weighted by atomic mass is 9.34. The van der Waals surface area contributed by atoms with Crippen LogP contribution < -0.4 is 9.47 Å². The number of nitrogens with zero attached hydrogens (tertiary/aromatic N) is 1. The van der Waals surface area contributed by atoms with Gasteiger partial charge in [0.25, 0.3) is 0 Å². The molecule has 2 spiro atoms. The van der Waals surface area contributed by atoms with Crippen LogP contribution in [0.25, 0.3) is 11.0 Å². The van der Waals surface area contributed by atoms with Crippen molar-refractivity contribution in [1.82, 2.24) is 0 Å². The van der Waals surface area contributed by atoms with Gasteiger partial charge in [0.1, 0.15) is 29.7 Å². The number of methoxy groups -OCH3 is 2. The Morgan fingerprint density at radius 3 is 2.73 bits per heavy atom. The van der Waals surface area contributed by atoms with E-state index in [1.807, 2.05) is 19.2 Å². The number of benzene rings is 2. The van der Waals surface area contributed by atoms with E-state index in [9.17, 15) is 0 Å². The first-order valence-corrected chi connectivity index (χ1v) is 15.8. The molecule has 7 atom stereocenters. The zero-order valence-corrected chi connectivity index (χ0v) is 24.6. The molecule has 1 unspecified atom stereocenters. The Balaban J connectivity index is 1.12. The summed E-state index contributed by atoms with van der Waals surface area (Å²) in [5.41, 5.74) is 3.67. The van der Waals surface area contributed by atoms with E-state index >= 15 is 0 Å². The van der Waals surface area contributed by atoms with Crippen LogP contribution in [0.3, 0.4) is 0 Å². The number of rotatable bonds is 8. The Labute approximate surface area is 242 Å². The zero-order chi connectivity index (χ0) is 27.6. The van der Waals surface area contributed by atoms with E-state index in [0.717, 1.165) is 53.4 Å². The zero-order valence-electron chi connectivity index (χ0n) is 24.6. The van der Waals surface area contributed by atoms with Gasteiger partial charge in [0.15, 0.2) is 11.5 Å². The van der Waals surface area contributed by atoms with Gasteiger partial charge in [-0.25, -0.2) is 0 Å². The van der Waals surface area contributed by atoms with E-state index in [0.29, 0.717) is 19.3 Å². The third kappa shape index (κ3) is 3.04. The molecule has 0 amide bonds. The Kier molecular flexibility index (Phi) is 5.06. The van der Waals surface area contributed by atoms with Crippen molar-refractivity contribution in [3.8, 4) is 11.5 Å². The Hall–Kier alpha value is -2.54. The summed E-state index contributed by atoms with van der Waals surface area (Å²) in [5.74, 6) is 3.94. The number of fused-ring (bicyclic) bond motifs is 3. The molecule has 3 heterocycles. The van der Waals surface area contributed by atoms with Gasteiger partial charge in [-0.1, -0.05) is 24.3 Å². The molecule has 10 rings (SSSR count). The number of para-hydroxylation sites is 1. The normalized spacial score (nSPS) is 39.5. The third-order valence-electron chi connectivity index (χ3n) is 12.8. The lowest BCUT2D eigenvalue weighted by Gasteiger charge is -2.74. The second kappa shape index (κ2) is 8.30. The molecule has 4 bridgehead atoms. The second-order valence-electron chi connectivity index (χ2n) is 14.4. The maximum Gasteiger partial charge on any atom is 0.165 e. The van der Waals surface area contributed by atoms with Crippen LogP contribution in [0.5, 0.6) is 11.5 Å². The van der Waals surface area contributed by atoms with E-state index < -0.39 is 0 Å². The van der Waals surface area contributed by atoms with E-state index in [1.165, 1.54) is 54.4 Å². The van der Waals surface area contributed by atoms with Crippen LogP contribution in [0, 0.1) is 17.3 Å². The number of likely N-dealkylation sites (N-methyl/N-ethyl adjacent to an activating group) is 1. The molecule has 1 aromatic heterocycles. The summed E-state index contributed by atoms with van der Waals surface area (Å²) in [6.07, 6.45) is 8.49. The molecule has 6 heteroatoms. The topological polar surface area (TPSA) is 50.1 Å². The quantitative estimate of drug-likeness (QED) is 0.317. The van der Waals surface area contributed by atoms with E-state index in [4.69, 9.17) is 23.4 Å². The van der Waals surface area contributed by atoms with Gasteiger partial charge in [-0.3, -0.25) is 0 Å². The highest BCUT2D eigenvalue weighted by atomic mass is 16.6. The van der Waals surface area contributed by atoms with Crippen molar-refractivity contribution in [2.75, 3.05) is 41.0 Å². The van der Waals surface area contributed by atoms with E-state index in [2.05, 4.69) is 37.4 Å². The van der Waals surface area contributed by atoms with E-state index in [-0.39, 0.29) is 28.5 Å². The average molecular weight is 557 g/mol. The minimum absolute atomic E-state index is 0.00942. The number of furan rings is 1. The third-order valence-corrected chi connectivity index (χ3v) is 12.8. The average Bonchev–Trinajstić information content (AvgIpc) is 3.56. The first kappa shape index (κ1) is 25.0. The van der Waals surface area contributed by atoms with Gasteiger partial charge in [-0.2, -0.15) is 0 Å². The fraction of sp³-hybridized carbons (Fsp3) is 0.600. The number of hydrogen-bond acceptors (Lipinski definition) is 5. The van der Waals surface area contributed by atoms with Gasteiger partial charge in [0.05, 0.1) is 45.3 Å². The molecule has 3 aromatic rings. The number of quaternary nitrogens is 1. The number of hydrogen-bond donors (Lipinski definition) is 0. The molecule has 7 aliphatic rings. The van der Waals surface area contributed by atoms with Crippen LogP contribution in [0.4, 0.5) is 0 Å². The van der Waals surface area contributed by atoms with Crippen molar-refractivity contribution in [3.63, 3.8) is 0 Å². The predicted octanol–water partition coefficient (Wildman–Crippen LogP) is 6.03. The summed E-state index contributed by atoms with van der Waals surface area (Å²) in [5, 5.41) is 1.13. The molecule has 216 valence electrons. The van der Waals surface area contributed by atoms with Crippen LogP contribution in [-0.4, -0.2) is 63.2 Å². The number of likely N-dealkylation sites (tertiary alicyclic amines) is 1. The van der Waals surface area contributed by atoms with Crippen molar-refractivity contribution >= 4 is 11.0 Å². The van der Waals surface area contributed by atoms with Gasteiger partial charge >= 0.3 is 0 Å². The van der Waals surface area contributed by atoms with Crippen LogP contribution in [0.2, 0.25) is 0 Å². The van der Waals surface area contributed by atoms with Crippen molar-refractivity contribution in [2.24, 2.45) is 17.3 Å². The highest BCUT2D eigenvalue weighted by molar-refractivity contribution is 5.77. The van der Waals surface area contributed by atoms with Gasteiger partial charge in [0, 0.05) is 48.2 Å². The van der Waals surface area contributed by atoms with Gasteiger partial charge < -0.3 is 27.8 Å². The second-order valence-corrected chi connectivity index (χ2v) is 14.4. The highest BCUT2D eigenvalue weighted by Crippen LogP contribution is 2.77. The lowest BCUT2D eigenvalue weighted by Crippen LogP contribution is -2.83. The van der Waals surface area contributed by atoms with Crippen molar-refractivity contribution in [2.45, 2.75) is 74.7 Å². The SMILES string of the molecule is COc1ccc2c3c1O[C@H]1[C@@]4(OC)CC[C@@]5(C[C@@H]4COCc4cc6ccccc6o4)[C@@H](C2)[N+](C)(CC2CC2)CC[C@]315. The molecule has 1 saturated heterocycles. The minimum atomic E-state index is -0.379. The van der Waals surface area contributed by atoms with Gasteiger partial charge in [-0.15, -0.1) is 0 Å². The molecule has 2 aromatic carbocycles. The van der Waals surface area contributed by atoms with Crippen LogP contribution in [0.15, 0.2) is 46.9 Å². The monoisotopic (exact) mass is 556 g/mol. The largest absolute Gasteiger partial charge is 0.493 e. The summed E-state index contributed by atoms with van der Waals surface area (Å²) in [7, 11) is 6.29. The Bertz CT molecular complexity index is 1510. The fourth-order valence-corrected chi connectivity index (χ4v) is 11.0. The molecule has 5 fully saturated rings. The summed E-state index contributed by atoms with van der Waals surface area (Å²) >= 11 is 0. The van der Waals surface area contributed by atoms with Gasteiger partial charge in [-0.05, 0) is 55.9 Å². The van der Waals surface area contributed by atoms with Crippen molar-refractivity contribution < 1.29 is 27.8 Å². The Morgan fingerprint density at radius 1 is 1.05 bits per heavy atom. The standard InChI is InChI=1S/C35H42NO5/c1-36(19-22-8-9-22)15-14-34-30-24-10-11-28(37-2)31(30)41-32(34)35(38-3)13-12-33(34,29(36)17-24)18-25(35)20-39-21-26-16-23-6-4-5-7-27(23)40-26/h4-7,10-11,16,22,25,29,32H,8-9,12-15,17-21H2,1-3H3/q+1/t25-,29-,32-,33-,34+,35-,36?/m1/s1.